The van der Waals surface area contributed by atoms with Crippen LogP contribution in [-0.2, 0) is 19.6 Å². The van der Waals surface area contributed by atoms with Gasteiger partial charge in [0.2, 0.25) is 12.8 Å². The number of aliphatic imine (C=N–C) groups is 2. The van der Waals surface area contributed by atoms with E-state index in [0.29, 0.717) is 29.5 Å². The van der Waals surface area contributed by atoms with Crippen molar-refractivity contribution < 1.29 is 29.5 Å². The summed E-state index contributed by atoms with van der Waals surface area (Å²) >= 11 is 18.0. The van der Waals surface area contributed by atoms with Gasteiger partial charge in [0.25, 0.3) is 5.24 Å². The van der Waals surface area contributed by atoms with Crippen molar-refractivity contribution in [3.8, 4) is 0 Å². The summed E-state index contributed by atoms with van der Waals surface area (Å²) in [5.74, 6) is 2.86. The average molecular weight is 728 g/mol. The Morgan fingerprint density at radius 1 is 0.730 bits per heavy atom. The van der Waals surface area contributed by atoms with Crippen molar-refractivity contribution in [3.05, 3.63) is 0 Å². The molecule has 218 valence electrons. The summed E-state index contributed by atoms with van der Waals surface area (Å²) in [6.45, 7) is 0. The number of rotatable bonds is 29. The number of thioether (sulfide) groups is 11. The van der Waals surface area contributed by atoms with Gasteiger partial charge in [0.05, 0.1) is 23.6 Å². The van der Waals surface area contributed by atoms with E-state index in [2.05, 4.69) is 21.6 Å². The zero-order valence-electron chi connectivity index (χ0n) is 20.2. The number of aliphatic hydroxyl groups is 1. The van der Waals surface area contributed by atoms with E-state index >= 15 is 0 Å². The lowest BCUT2D eigenvalue weighted by atomic mass is 11.2. The molecule has 37 heavy (non-hydrogen) atoms. The summed E-state index contributed by atoms with van der Waals surface area (Å²) in [5.41, 5.74) is 0. The number of hydrogen-bond donors (Lipinski definition) is 2. The van der Waals surface area contributed by atoms with Crippen molar-refractivity contribution in [2.45, 2.75) is 0 Å². The van der Waals surface area contributed by atoms with Crippen LogP contribution < -0.4 is 5.32 Å². The lowest BCUT2D eigenvalue weighted by Crippen LogP contribution is -2.17. The molecule has 20 heteroatoms. The van der Waals surface area contributed by atoms with Gasteiger partial charge in [0.1, 0.15) is 11.9 Å². The molecule has 0 aromatic heterocycles. The molecule has 0 spiro atoms. The number of nitrogens with zero attached hydrogens (tertiary/aromatic N) is 2. The van der Waals surface area contributed by atoms with E-state index in [1.54, 1.807) is 94.1 Å². The van der Waals surface area contributed by atoms with E-state index in [-0.39, 0.29) is 11.2 Å². The van der Waals surface area contributed by atoms with E-state index in [4.69, 9.17) is 24.7 Å². The first-order valence-electron chi connectivity index (χ1n) is 10.0. The van der Waals surface area contributed by atoms with Crippen LogP contribution in [0.4, 0.5) is 4.79 Å². The van der Waals surface area contributed by atoms with Crippen LogP contribution in [0.1, 0.15) is 0 Å². The molecule has 0 bridgehead atoms. The monoisotopic (exact) mass is 727 g/mol. The Morgan fingerprint density at radius 3 is 1.92 bits per heavy atom. The Bertz CT molecular complexity index is 547. The van der Waals surface area contributed by atoms with Crippen molar-refractivity contribution in [3.63, 3.8) is 0 Å². The largest absolute Gasteiger partial charge is 0.386 e. The molecule has 9 nitrogen and oxygen atoms in total. The molecule has 0 aliphatic rings. The maximum atomic E-state index is 11.8. The van der Waals surface area contributed by atoms with Crippen molar-refractivity contribution in [2.75, 3.05) is 77.3 Å². The smallest absolute Gasteiger partial charge is 0.280 e. The molecule has 0 aromatic carbocycles. The van der Waals surface area contributed by atoms with Crippen LogP contribution in [0.5, 0.6) is 0 Å². The van der Waals surface area contributed by atoms with Crippen LogP contribution in [0.25, 0.3) is 0 Å². The van der Waals surface area contributed by atoms with Crippen LogP contribution >= 0.6 is 129 Å². The molecule has 1 amide bonds. The van der Waals surface area contributed by atoms with E-state index in [0.717, 1.165) is 35.6 Å². The van der Waals surface area contributed by atoms with Gasteiger partial charge in [-0.25, -0.2) is 9.98 Å². The highest BCUT2D eigenvalue weighted by Gasteiger charge is 2.02. The molecule has 2 N–H and O–H groups in total. The third kappa shape index (κ3) is 36.1. The number of carbonyl (C=O) groups excluding carboxylic acids is 1. The zero-order chi connectivity index (χ0) is 26.9. The second kappa shape index (κ2) is 36.2. The third-order valence-corrected chi connectivity index (χ3v) is 14.2. The fraction of sp³-hybridized carbons (Fsp3) is 0.824. The van der Waals surface area contributed by atoms with Gasteiger partial charge in [0, 0.05) is 35.6 Å². The number of hydrogen-bond acceptors (Lipinski definition) is 19. The highest BCUT2D eigenvalue weighted by molar-refractivity contribution is 8.29. The predicted molar refractivity (Wildman–Crippen MR) is 185 cm³/mol. The molecule has 0 aromatic rings. The molecular formula is C17H33N3O6S11. The van der Waals surface area contributed by atoms with Gasteiger partial charge < -0.3 is 20.2 Å². The minimum Gasteiger partial charge on any atom is -0.386 e. The molecule has 0 radical (unpaired) electrons. The van der Waals surface area contributed by atoms with Crippen LogP contribution in [-0.4, -0.2) is 100 Å². The average Bonchev–Trinajstić information content (AvgIpc) is 2.90. The number of nitrogens with one attached hydrogen (secondary N) is 1. The molecule has 0 rings (SSSR count). The second-order valence-electron chi connectivity index (χ2n) is 5.33. The summed E-state index contributed by atoms with van der Waals surface area (Å²) in [6.07, 6.45) is 4.70. The number of aliphatic hydroxyl groups excluding tert-OH is 1. The molecular weight excluding hydrogens is 695 g/mol. The first-order chi connectivity index (χ1) is 18.3. The normalized spacial score (nSPS) is 11.5. The molecule has 0 saturated carbocycles. The fourth-order valence-corrected chi connectivity index (χ4v) is 10.7. The lowest BCUT2D eigenvalue weighted by molar-refractivity contribution is -0.196. The molecule has 0 saturated heterocycles. The Labute approximate surface area is 267 Å². The summed E-state index contributed by atoms with van der Waals surface area (Å²) < 4.78 is 0. The van der Waals surface area contributed by atoms with E-state index in [9.17, 15) is 4.79 Å². The SMILES string of the molecule is CSCSCN=COOCSCSCSCSC(=O)NCSCSCSCN=COOCSCSCO. The van der Waals surface area contributed by atoms with Gasteiger partial charge in [-0.15, -0.1) is 106 Å². The minimum absolute atomic E-state index is 0.0138. The van der Waals surface area contributed by atoms with Crippen LogP contribution in [0.3, 0.4) is 0 Å². The van der Waals surface area contributed by atoms with Crippen molar-refractivity contribution in [1.82, 2.24) is 5.32 Å². The standard InChI is InChI=1S/C17H33N3O6S11/c1-27-10-28-4-18-2-23-26-9-33-14-35-15-36-16-37-17(22)20-6-30-12-34-11-29-5-19-3-24-25-8-32-13-31-7-21/h2-3,21H,4-16H2,1H3,(H,20,22). The van der Waals surface area contributed by atoms with Gasteiger partial charge in [-0.05, 0) is 6.26 Å². The molecule has 0 atom stereocenters. The van der Waals surface area contributed by atoms with Crippen molar-refractivity contribution >= 4 is 147 Å². The van der Waals surface area contributed by atoms with Gasteiger partial charge in [-0.2, -0.15) is 21.5 Å². The molecule has 0 fully saturated rings. The maximum Gasteiger partial charge on any atom is 0.280 e. The summed E-state index contributed by atoms with van der Waals surface area (Å²) in [6, 6.07) is 0. The Morgan fingerprint density at radius 2 is 1.27 bits per heavy atom. The summed E-state index contributed by atoms with van der Waals surface area (Å²) in [7, 11) is 0. The Balaban J connectivity index is 3.22. The Hall–Kier alpha value is 2.14. The van der Waals surface area contributed by atoms with E-state index in [1.807, 2.05) is 0 Å². The van der Waals surface area contributed by atoms with Crippen LogP contribution in [0.15, 0.2) is 9.98 Å². The van der Waals surface area contributed by atoms with Gasteiger partial charge >= 0.3 is 0 Å². The number of carbonyl (C=O) groups is 1. The quantitative estimate of drug-likeness (QED) is 0.0211. The topological polar surface area (TPSA) is 111 Å². The molecule has 0 heterocycles. The first kappa shape index (κ1) is 39.1. The molecule has 0 unspecified atom stereocenters. The van der Waals surface area contributed by atoms with Gasteiger partial charge in [-0.3, -0.25) is 4.79 Å². The van der Waals surface area contributed by atoms with E-state index in [1.165, 1.54) is 48.1 Å². The summed E-state index contributed by atoms with van der Waals surface area (Å²) in [5, 5.41) is 17.7. The zero-order valence-corrected chi connectivity index (χ0v) is 29.2. The van der Waals surface area contributed by atoms with Crippen LogP contribution in [0.2, 0.25) is 0 Å². The highest BCUT2D eigenvalue weighted by Crippen LogP contribution is 2.22. The van der Waals surface area contributed by atoms with Crippen LogP contribution in [0, 0.1) is 0 Å². The van der Waals surface area contributed by atoms with Crippen molar-refractivity contribution in [2.24, 2.45) is 9.98 Å². The lowest BCUT2D eigenvalue weighted by Gasteiger charge is -2.05. The predicted octanol–water partition coefficient (Wildman–Crippen LogP) is 6.78. The minimum atomic E-state index is 0.0138. The third-order valence-electron chi connectivity index (χ3n) is 2.68. The molecule has 0 aliphatic heterocycles. The van der Waals surface area contributed by atoms with Crippen molar-refractivity contribution in [1.29, 1.82) is 0 Å². The van der Waals surface area contributed by atoms with Gasteiger partial charge in [0.15, 0.2) is 0 Å². The fourth-order valence-electron chi connectivity index (χ4n) is 1.37. The number of amides is 1. The highest BCUT2D eigenvalue weighted by atomic mass is 32.3. The van der Waals surface area contributed by atoms with E-state index < -0.39 is 0 Å². The summed E-state index contributed by atoms with van der Waals surface area (Å²) in [4.78, 5) is 39.5. The molecule has 0 aliphatic carbocycles. The second-order valence-corrected chi connectivity index (χ2v) is 18.4. The Kier molecular flexibility index (Phi) is 38.3. The van der Waals surface area contributed by atoms with Gasteiger partial charge in [-0.1, -0.05) is 11.8 Å². The maximum absolute atomic E-state index is 11.8. The first-order valence-corrected chi connectivity index (χ1v) is 22.8.